The second-order valence-electron chi connectivity index (χ2n) is 5.56. The number of carboxylic acid groups (broad SMARTS) is 1. The first-order valence-electron chi connectivity index (χ1n) is 7.50. The van der Waals surface area contributed by atoms with E-state index >= 15 is 0 Å². The smallest absolute Gasteiger partial charge is 0.337 e. The highest BCUT2D eigenvalue weighted by atomic mass is 16.4. The third kappa shape index (κ3) is 3.45. The fourth-order valence-electron chi connectivity index (χ4n) is 2.91. The standard InChI is InChI=1S/C17H20N2O3/c1-3-11-19(13-7-5-4-6-8-13)16(20)15-10-9-14(17(21)22)12(2)18-15/h1,9-10,13H,4-8,11H2,2H3,(H,21,22). The van der Waals surface area contributed by atoms with E-state index in [0.29, 0.717) is 5.69 Å². The number of hydrogen-bond donors (Lipinski definition) is 1. The molecule has 0 atom stereocenters. The highest BCUT2D eigenvalue weighted by molar-refractivity contribution is 5.94. The molecule has 1 aliphatic rings. The zero-order valence-electron chi connectivity index (χ0n) is 12.7. The first-order chi connectivity index (χ1) is 10.5. The lowest BCUT2D eigenvalue weighted by Crippen LogP contribution is -2.42. The summed E-state index contributed by atoms with van der Waals surface area (Å²) in [4.78, 5) is 29.6. The molecule has 0 aromatic carbocycles. The molecule has 0 aliphatic heterocycles. The summed E-state index contributed by atoms with van der Waals surface area (Å²) in [7, 11) is 0. The zero-order chi connectivity index (χ0) is 16.1. The molecule has 116 valence electrons. The van der Waals surface area contributed by atoms with Gasteiger partial charge >= 0.3 is 5.97 Å². The molecule has 1 fully saturated rings. The highest BCUT2D eigenvalue weighted by Crippen LogP contribution is 2.23. The summed E-state index contributed by atoms with van der Waals surface area (Å²) in [5, 5.41) is 9.03. The van der Waals surface area contributed by atoms with Crippen LogP contribution in [0.15, 0.2) is 12.1 Å². The van der Waals surface area contributed by atoms with Crippen molar-refractivity contribution >= 4 is 11.9 Å². The van der Waals surface area contributed by atoms with E-state index < -0.39 is 5.97 Å². The van der Waals surface area contributed by atoms with E-state index in [1.54, 1.807) is 11.8 Å². The van der Waals surface area contributed by atoms with Crippen molar-refractivity contribution in [2.24, 2.45) is 0 Å². The second kappa shape index (κ2) is 7.08. The van der Waals surface area contributed by atoms with Gasteiger partial charge in [0.15, 0.2) is 0 Å². The molecule has 0 spiro atoms. The van der Waals surface area contributed by atoms with Gasteiger partial charge in [0, 0.05) is 6.04 Å². The van der Waals surface area contributed by atoms with Crippen LogP contribution in [-0.2, 0) is 0 Å². The number of aromatic carboxylic acids is 1. The number of nitrogens with zero attached hydrogens (tertiary/aromatic N) is 2. The Morgan fingerprint density at radius 2 is 2.05 bits per heavy atom. The lowest BCUT2D eigenvalue weighted by atomic mass is 9.94. The first kappa shape index (κ1) is 16.0. The molecular formula is C17H20N2O3. The number of rotatable bonds is 4. The molecule has 22 heavy (non-hydrogen) atoms. The molecule has 1 aromatic rings. The molecule has 1 saturated carbocycles. The van der Waals surface area contributed by atoms with Crippen molar-refractivity contribution in [1.29, 1.82) is 0 Å². The Morgan fingerprint density at radius 3 is 2.59 bits per heavy atom. The molecule has 5 nitrogen and oxygen atoms in total. The van der Waals surface area contributed by atoms with Gasteiger partial charge in [-0.1, -0.05) is 25.2 Å². The van der Waals surface area contributed by atoms with Crippen LogP contribution in [0, 0.1) is 19.3 Å². The van der Waals surface area contributed by atoms with Gasteiger partial charge < -0.3 is 10.0 Å². The molecule has 1 aliphatic carbocycles. The molecule has 5 heteroatoms. The molecular weight excluding hydrogens is 280 g/mol. The topological polar surface area (TPSA) is 70.5 Å². The number of aromatic nitrogens is 1. The minimum absolute atomic E-state index is 0.109. The second-order valence-corrected chi connectivity index (χ2v) is 5.56. The van der Waals surface area contributed by atoms with Crippen molar-refractivity contribution in [3.05, 3.63) is 29.1 Å². The average Bonchev–Trinajstić information content (AvgIpc) is 2.52. The zero-order valence-corrected chi connectivity index (χ0v) is 12.7. The average molecular weight is 300 g/mol. The Hall–Kier alpha value is -2.35. The van der Waals surface area contributed by atoms with E-state index in [1.165, 1.54) is 18.6 Å². The number of carboxylic acids is 1. The van der Waals surface area contributed by atoms with Crippen molar-refractivity contribution in [2.45, 2.75) is 45.1 Å². The normalized spacial score (nSPS) is 15.1. The maximum Gasteiger partial charge on any atom is 0.337 e. The van der Waals surface area contributed by atoms with Gasteiger partial charge in [-0.25, -0.2) is 9.78 Å². The third-order valence-corrected chi connectivity index (χ3v) is 4.07. The number of hydrogen-bond acceptors (Lipinski definition) is 3. The van der Waals surface area contributed by atoms with E-state index in [-0.39, 0.29) is 29.8 Å². The Morgan fingerprint density at radius 1 is 1.36 bits per heavy atom. The minimum Gasteiger partial charge on any atom is -0.478 e. The van der Waals surface area contributed by atoms with Crippen molar-refractivity contribution in [3.8, 4) is 12.3 Å². The Kier molecular flexibility index (Phi) is 5.16. The fourth-order valence-corrected chi connectivity index (χ4v) is 2.91. The van der Waals surface area contributed by atoms with Crippen molar-refractivity contribution < 1.29 is 14.7 Å². The van der Waals surface area contributed by atoms with Gasteiger partial charge in [-0.3, -0.25) is 4.79 Å². The quantitative estimate of drug-likeness (QED) is 0.867. The summed E-state index contributed by atoms with van der Waals surface area (Å²) in [6.45, 7) is 1.84. The molecule has 0 bridgehead atoms. The van der Waals surface area contributed by atoms with Crippen molar-refractivity contribution in [3.63, 3.8) is 0 Å². The minimum atomic E-state index is -1.04. The number of amides is 1. The predicted octanol–water partition coefficient (Wildman–Crippen LogP) is 2.50. The number of pyridine rings is 1. The van der Waals surface area contributed by atoms with E-state index in [1.807, 2.05) is 0 Å². The lowest BCUT2D eigenvalue weighted by molar-refractivity contribution is 0.0655. The van der Waals surface area contributed by atoms with E-state index in [2.05, 4.69) is 10.9 Å². The molecule has 1 aromatic heterocycles. The summed E-state index contributed by atoms with van der Waals surface area (Å²) in [6, 6.07) is 3.04. The maximum absolute atomic E-state index is 12.7. The molecule has 0 unspecified atom stereocenters. The maximum atomic E-state index is 12.7. The number of carbonyl (C=O) groups excluding carboxylic acids is 1. The van der Waals surface area contributed by atoms with Gasteiger partial charge in [0.05, 0.1) is 17.8 Å². The summed E-state index contributed by atoms with van der Waals surface area (Å²) < 4.78 is 0. The van der Waals surface area contributed by atoms with Crippen LogP contribution in [0.25, 0.3) is 0 Å². The monoisotopic (exact) mass is 300 g/mol. The summed E-state index contributed by atoms with van der Waals surface area (Å²) in [5.41, 5.74) is 0.698. The number of terminal acetylenes is 1. The molecule has 0 saturated heterocycles. The summed E-state index contributed by atoms with van der Waals surface area (Å²) >= 11 is 0. The number of aryl methyl sites for hydroxylation is 1. The van der Waals surface area contributed by atoms with Gasteiger partial charge in [0.2, 0.25) is 0 Å². The Labute approximate surface area is 130 Å². The predicted molar refractivity (Wildman–Crippen MR) is 82.7 cm³/mol. The fraction of sp³-hybridized carbons (Fsp3) is 0.471. The SMILES string of the molecule is C#CCN(C(=O)c1ccc(C(=O)O)c(C)n1)C1CCCCC1. The van der Waals surface area contributed by atoms with Gasteiger partial charge in [0.25, 0.3) is 5.91 Å². The van der Waals surface area contributed by atoms with Crippen LogP contribution < -0.4 is 0 Å². The molecule has 1 heterocycles. The molecule has 0 radical (unpaired) electrons. The third-order valence-electron chi connectivity index (χ3n) is 4.07. The van der Waals surface area contributed by atoms with Crippen LogP contribution in [0.4, 0.5) is 0 Å². The van der Waals surface area contributed by atoms with Crippen molar-refractivity contribution in [1.82, 2.24) is 9.88 Å². The van der Waals surface area contributed by atoms with Crippen molar-refractivity contribution in [2.75, 3.05) is 6.54 Å². The van der Waals surface area contributed by atoms with E-state index in [9.17, 15) is 9.59 Å². The van der Waals surface area contributed by atoms with Gasteiger partial charge in [-0.05, 0) is 31.9 Å². The van der Waals surface area contributed by atoms with Crippen LogP contribution in [0.2, 0.25) is 0 Å². The van der Waals surface area contributed by atoms with E-state index in [0.717, 1.165) is 25.7 Å². The first-order valence-corrected chi connectivity index (χ1v) is 7.50. The molecule has 1 amide bonds. The van der Waals surface area contributed by atoms with Crippen LogP contribution >= 0.6 is 0 Å². The van der Waals surface area contributed by atoms with Gasteiger partial charge in [-0.2, -0.15) is 0 Å². The summed E-state index contributed by atoms with van der Waals surface area (Å²) in [6.07, 6.45) is 10.7. The van der Waals surface area contributed by atoms with Gasteiger partial charge in [-0.15, -0.1) is 6.42 Å². The summed E-state index contributed by atoms with van der Waals surface area (Å²) in [5.74, 6) is 1.28. The van der Waals surface area contributed by atoms with Crippen LogP contribution in [0.1, 0.15) is 58.6 Å². The highest BCUT2D eigenvalue weighted by Gasteiger charge is 2.26. The van der Waals surface area contributed by atoms with Crippen LogP contribution in [-0.4, -0.2) is 39.5 Å². The Bertz CT molecular complexity index is 613. The van der Waals surface area contributed by atoms with Crippen LogP contribution in [0.5, 0.6) is 0 Å². The van der Waals surface area contributed by atoms with Crippen LogP contribution in [0.3, 0.4) is 0 Å². The van der Waals surface area contributed by atoms with Gasteiger partial charge in [0.1, 0.15) is 5.69 Å². The number of carbonyl (C=O) groups is 2. The lowest BCUT2D eigenvalue weighted by Gasteiger charge is -2.33. The molecule has 1 N–H and O–H groups in total. The molecule has 2 rings (SSSR count). The van der Waals surface area contributed by atoms with E-state index in [4.69, 9.17) is 11.5 Å². The Balaban J connectivity index is 2.25. The largest absolute Gasteiger partial charge is 0.478 e.